The van der Waals surface area contributed by atoms with E-state index in [1.165, 1.54) is 12.1 Å². The number of carbonyl (C=O) groups excluding carboxylic acids is 1. The van der Waals surface area contributed by atoms with Crippen LogP contribution in [0.25, 0.3) is 0 Å². The zero-order valence-electron chi connectivity index (χ0n) is 12.7. The molecule has 5 nitrogen and oxygen atoms in total. The Bertz CT molecular complexity index is 550. The minimum atomic E-state index is -0.804. The number of aliphatic carboxylic acids is 1. The van der Waals surface area contributed by atoms with Crippen LogP contribution in [0, 0.1) is 11.7 Å². The average molecular weight is 308 g/mol. The minimum absolute atomic E-state index is 0.0576. The molecular formula is C16H21FN2O3. The lowest BCUT2D eigenvalue weighted by Crippen LogP contribution is -2.39. The lowest BCUT2D eigenvalue weighted by molar-refractivity contribution is -0.141. The molecule has 1 amide bonds. The quantitative estimate of drug-likeness (QED) is 0.867. The molecule has 2 rings (SSSR count). The Kier molecular flexibility index (Phi) is 5.49. The molecule has 1 aliphatic rings. The van der Waals surface area contributed by atoms with E-state index in [-0.39, 0.29) is 24.2 Å². The Morgan fingerprint density at radius 2 is 2.23 bits per heavy atom. The molecule has 1 aromatic carbocycles. The number of hydrogen-bond acceptors (Lipinski definition) is 3. The molecule has 0 aliphatic carbocycles. The molecule has 1 aliphatic heterocycles. The molecule has 1 unspecified atom stereocenters. The Morgan fingerprint density at radius 1 is 1.45 bits per heavy atom. The van der Waals surface area contributed by atoms with Crippen LogP contribution < -0.4 is 0 Å². The molecule has 120 valence electrons. The summed E-state index contributed by atoms with van der Waals surface area (Å²) in [6, 6.07) is 6.21. The second-order valence-electron chi connectivity index (χ2n) is 5.60. The summed E-state index contributed by atoms with van der Waals surface area (Å²) in [7, 11) is 0. The second kappa shape index (κ2) is 7.35. The fourth-order valence-electron chi connectivity index (χ4n) is 2.70. The summed E-state index contributed by atoms with van der Waals surface area (Å²) in [5.74, 6) is -1.56. The summed E-state index contributed by atoms with van der Waals surface area (Å²) in [5.41, 5.74) is 0.750. The normalized spacial score (nSPS) is 18.4. The Morgan fingerprint density at radius 3 is 2.82 bits per heavy atom. The predicted octanol–water partition coefficient (Wildman–Crippen LogP) is 1.58. The first-order valence-electron chi connectivity index (χ1n) is 7.47. The largest absolute Gasteiger partial charge is 0.481 e. The van der Waals surface area contributed by atoms with Crippen LogP contribution in [-0.2, 0) is 16.1 Å². The third-order valence-corrected chi connectivity index (χ3v) is 3.98. The van der Waals surface area contributed by atoms with Crippen LogP contribution in [0.3, 0.4) is 0 Å². The molecule has 1 atom stereocenters. The summed E-state index contributed by atoms with van der Waals surface area (Å²) in [6.45, 7) is 4.03. The third-order valence-electron chi connectivity index (χ3n) is 3.98. The van der Waals surface area contributed by atoms with Gasteiger partial charge in [0.15, 0.2) is 0 Å². The summed E-state index contributed by atoms with van der Waals surface area (Å²) in [6.07, 6.45) is 0.582. The number of rotatable bonds is 6. The molecule has 0 radical (unpaired) electrons. The molecule has 0 spiro atoms. The highest BCUT2D eigenvalue weighted by Crippen LogP contribution is 2.16. The van der Waals surface area contributed by atoms with Gasteiger partial charge in [-0.3, -0.25) is 14.5 Å². The maximum absolute atomic E-state index is 13.2. The summed E-state index contributed by atoms with van der Waals surface area (Å²) in [4.78, 5) is 26.8. The maximum Gasteiger partial charge on any atom is 0.307 e. The molecule has 0 aromatic heterocycles. The van der Waals surface area contributed by atoms with E-state index in [2.05, 4.69) is 0 Å². The van der Waals surface area contributed by atoms with Crippen LogP contribution in [0.1, 0.15) is 18.9 Å². The zero-order valence-corrected chi connectivity index (χ0v) is 12.7. The van der Waals surface area contributed by atoms with Crippen molar-refractivity contribution in [2.24, 2.45) is 5.92 Å². The lowest BCUT2D eigenvalue weighted by Gasteiger charge is -2.24. The van der Waals surface area contributed by atoms with Crippen molar-refractivity contribution in [1.82, 2.24) is 9.80 Å². The zero-order chi connectivity index (χ0) is 16.1. The van der Waals surface area contributed by atoms with E-state index in [1.807, 2.05) is 11.8 Å². The van der Waals surface area contributed by atoms with Crippen molar-refractivity contribution < 1.29 is 19.1 Å². The molecular weight excluding hydrogens is 287 g/mol. The standard InChI is InChI=1S/C16H21FN2O3/c1-2-19(9-12-4-3-5-14(17)8-12)15(20)11-18-7-6-13(10-18)16(21)22/h3-5,8,13H,2,6-7,9-11H2,1H3,(H,21,22). The highest BCUT2D eigenvalue weighted by Gasteiger charge is 2.29. The van der Waals surface area contributed by atoms with E-state index < -0.39 is 5.97 Å². The van der Waals surface area contributed by atoms with Crippen LogP contribution in [0.2, 0.25) is 0 Å². The summed E-state index contributed by atoms with van der Waals surface area (Å²) < 4.78 is 13.2. The van der Waals surface area contributed by atoms with Crippen molar-refractivity contribution in [3.8, 4) is 0 Å². The average Bonchev–Trinajstić information content (AvgIpc) is 2.93. The molecule has 6 heteroatoms. The van der Waals surface area contributed by atoms with E-state index in [0.717, 1.165) is 5.56 Å². The van der Waals surface area contributed by atoms with Gasteiger partial charge in [-0.25, -0.2) is 4.39 Å². The summed E-state index contributed by atoms with van der Waals surface area (Å²) in [5, 5.41) is 8.98. The Labute approximate surface area is 129 Å². The van der Waals surface area contributed by atoms with Crippen molar-refractivity contribution >= 4 is 11.9 Å². The molecule has 22 heavy (non-hydrogen) atoms. The molecule has 1 heterocycles. The smallest absolute Gasteiger partial charge is 0.307 e. The van der Waals surface area contributed by atoms with Crippen LogP contribution in [0.4, 0.5) is 4.39 Å². The van der Waals surface area contributed by atoms with Crippen molar-refractivity contribution in [2.45, 2.75) is 19.9 Å². The number of carbonyl (C=O) groups is 2. The first-order chi connectivity index (χ1) is 10.5. The predicted molar refractivity (Wildman–Crippen MR) is 79.7 cm³/mol. The van der Waals surface area contributed by atoms with Gasteiger partial charge in [-0.05, 0) is 37.6 Å². The van der Waals surface area contributed by atoms with Gasteiger partial charge in [-0.2, -0.15) is 0 Å². The minimum Gasteiger partial charge on any atom is -0.481 e. The topological polar surface area (TPSA) is 60.9 Å². The van der Waals surface area contributed by atoms with Crippen molar-refractivity contribution in [2.75, 3.05) is 26.2 Å². The van der Waals surface area contributed by atoms with Gasteiger partial charge in [0.25, 0.3) is 0 Å². The fraction of sp³-hybridized carbons (Fsp3) is 0.500. The van der Waals surface area contributed by atoms with E-state index in [0.29, 0.717) is 32.6 Å². The van der Waals surface area contributed by atoms with Crippen LogP contribution >= 0.6 is 0 Å². The molecule has 0 saturated carbocycles. The Hall–Kier alpha value is -1.95. The molecule has 1 aromatic rings. The Balaban J connectivity index is 1.91. The SMILES string of the molecule is CCN(Cc1cccc(F)c1)C(=O)CN1CCC(C(=O)O)C1. The highest BCUT2D eigenvalue weighted by atomic mass is 19.1. The van der Waals surface area contributed by atoms with Crippen molar-refractivity contribution in [3.63, 3.8) is 0 Å². The van der Waals surface area contributed by atoms with Gasteiger partial charge in [-0.1, -0.05) is 12.1 Å². The number of halogens is 1. The van der Waals surface area contributed by atoms with Crippen molar-refractivity contribution in [1.29, 1.82) is 0 Å². The fourth-order valence-corrected chi connectivity index (χ4v) is 2.70. The van der Waals surface area contributed by atoms with Gasteiger partial charge in [0, 0.05) is 19.6 Å². The third kappa shape index (κ3) is 4.27. The van der Waals surface area contributed by atoms with Gasteiger partial charge in [0.2, 0.25) is 5.91 Å². The first kappa shape index (κ1) is 16.4. The number of benzene rings is 1. The maximum atomic E-state index is 13.2. The van der Waals surface area contributed by atoms with Gasteiger partial charge in [-0.15, -0.1) is 0 Å². The van der Waals surface area contributed by atoms with Crippen molar-refractivity contribution in [3.05, 3.63) is 35.6 Å². The van der Waals surface area contributed by atoms with E-state index in [1.54, 1.807) is 17.0 Å². The monoisotopic (exact) mass is 308 g/mol. The van der Waals surface area contributed by atoms with E-state index in [4.69, 9.17) is 5.11 Å². The number of nitrogens with zero attached hydrogens (tertiary/aromatic N) is 2. The van der Waals surface area contributed by atoms with Gasteiger partial charge < -0.3 is 10.0 Å². The molecule has 0 bridgehead atoms. The van der Waals surface area contributed by atoms with Crippen LogP contribution in [0.5, 0.6) is 0 Å². The second-order valence-corrected chi connectivity index (χ2v) is 5.60. The van der Waals surface area contributed by atoms with E-state index in [9.17, 15) is 14.0 Å². The number of likely N-dealkylation sites (tertiary alicyclic amines) is 1. The van der Waals surface area contributed by atoms with E-state index >= 15 is 0 Å². The number of carboxylic acid groups (broad SMARTS) is 1. The molecule has 1 fully saturated rings. The number of amides is 1. The van der Waals surface area contributed by atoms with Gasteiger partial charge in [0.1, 0.15) is 5.82 Å². The number of likely N-dealkylation sites (N-methyl/N-ethyl adjacent to an activating group) is 1. The van der Waals surface area contributed by atoms with Gasteiger partial charge in [0.05, 0.1) is 12.5 Å². The summed E-state index contributed by atoms with van der Waals surface area (Å²) >= 11 is 0. The molecule has 1 N–H and O–H groups in total. The lowest BCUT2D eigenvalue weighted by atomic mass is 10.1. The van der Waals surface area contributed by atoms with Crippen LogP contribution in [-0.4, -0.2) is 53.0 Å². The molecule has 1 saturated heterocycles. The number of hydrogen-bond donors (Lipinski definition) is 1. The van der Waals surface area contributed by atoms with Crippen LogP contribution in [0.15, 0.2) is 24.3 Å². The van der Waals surface area contributed by atoms with Gasteiger partial charge >= 0.3 is 5.97 Å². The highest BCUT2D eigenvalue weighted by molar-refractivity contribution is 5.78. The first-order valence-corrected chi connectivity index (χ1v) is 7.47. The number of carboxylic acids is 1.